The number of nitrogens with one attached hydrogen (secondary N) is 1. The molecular formula is C12H14N2S. The van der Waals surface area contributed by atoms with Crippen molar-refractivity contribution in [3.63, 3.8) is 0 Å². The van der Waals surface area contributed by atoms with Gasteiger partial charge in [-0.1, -0.05) is 18.2 Å². The minimum atomic E-state index is 0.862. The molecule has 2 aromatic rings. The van der Waals surface area contributed by atoms with Gasteiger partial charge in [0.05, 0.1) is 17.7 Å². The molecular weight excluding hydrogens is 204 g/mol. The normalized spacial score (nSPS) is 10.3. The lowest BCUT2D eigenvalue weighted by Crippen LogP contribution is -2.00. The molecule has 0 fully saturated rings. The topological polar surface area (TPSA) is 24.9 Å². The van der Waals surface area contributed by atoms with Gasteiger partial charge in [-0.05, 0) is 25.5 Å². The van der Waals surface area contributed by atoms with Crippen molar-refractivity contribution >= 4 is 17.0 Å². The molecule has 2 nitrogen and oxygen atoms in total. The number of benzene rings is 1. The monoisotopic (exact) mass is 218 g/mol. The predicted molar refractivity (Wildman–Crippen MR) is 65.4 cm³/mol. The Hall–Kier alpha value is -1.35. The lowest BCUT2D eigenvalue weighted by atomic mass is 10.2. The fourth-order valence-corrected chi connectivity index (χ4v) is 2.16. The Morgan fingerprint density at radius 2 is 2.07 bits per heavy atom. The van der Waals surface area contributed by atoms with E-state index in [1.165, 1.54) is 16.1 Å². The van der Waals surface area contributed by atoms with Crippen molar-refractivity contribution < 1.29 is 0 Å². The molecule has 0 aliphatic heterocycles. The standard InChI is InChI=1S/C12H14N2S/c1-9-5-3-4-6-11(9)13-7-12-10(2)14-8-15-12/h3-6,8,13H,7H2,1-2H3. The molecule has 1 N–H and O–H groups in total. The summed E-state index contributed by atoms with van der Waals surface area (Å²) >= 11 is 1.70. The summed E-state index contributed by atoms with van der Waals surface area (Å²) in [6.07, 6.45) is 0. The van der Waals surface area contributed by atoms with E-state index in [4.69, 9.17) is 0 Å². The molecule has 0 atom stereocenters. The van der Waals surface area contributed by atoms with Gasteiger partial charge in [0, 0.05) is 10.6 Å². The second-order valence-electron chi connectivity index (χ2n) is 3.53. The molecule has 3 heteroatoms. The van der Waals surface area contributed by atoms with E-state index in [2.05, 4.69) is 41.5 Å². The molecule has 0 amide bonds. The molecule has 0 bridgehead atoms. The van der Waals surface area contributed by atoms with E-state index in [-0.39, 0.29) is 0 Å². The summed E-state index contributed by atoms with van der Waals surface area (Å²) < 4.78 is 0. The molecule has 0 saturated heterocycles. The number of anilines is 1. The fourth-order valence-electron chi connectivity index (χ4n) is 1.44. The van der Waals surface area contributed by atoms with Gasteiger partial charge in [-0.15, -0.1) is 11.3 Å². The Labute approximate surface area is 94.0 Å². The van der Waals surface area contributed by atoms with Crippen LogP contribution in [0, 0.1) is 13.8 Å². The number of rotatable bonds is 3. The van der Waals surface area contributed by atoms with Gasteiger partial charge in [-0.3, -0.25) is 0 Å². The highest BCUT2D eigenvalue weighted by Gasteiger charge is 2.01. The van der Waals surface area contributed by atoms with Crippen LogP contribution < -0.4 is 5.32 Å². The predicted octanol–water partition coefficient (Wildman–Crippen LogP) is 3.37. The van der Waals surface area contributed by atoms with Crippen LogP contribution in [0.15, 0.2) is 29.8 Å². The summed E-state index contributed by atoms with van der Waals surface area (Å²) in [7, 11) is 0. The summed E-state index contributed by atoms with van der Waals surface area (Å²) in [5.41, 5.74) is 5.50. The summed E-state index contributed by atoms with van der Waals surface area (Å²) in [4.78, 5) is 5.53. The van der Waals surface area contributed by atoms with Crippen LogP contribution in [0.1, 0.15) is 16.1 Å². The van der Waals surface area contributed by atoms with E-state index >= 15 is 0 Å². The van der Waals surface area contributed by atoms with Crippen molar-refractivity contribution in [2.24, 2.45) is 0 Å². The number of aromatic nitrogens is 1. The first kappa shape index (κ1) is 10.2. The molecule has 2 rings (SSSR count). The first-order valence-corrected chi connectivity index (χ1v) is 5.84. The molecule has 1 aromatic heterocycles. The Bertz CT molecular complexity index is 448. The van der Waals surface area contributed by atoms with Crippen molar-refractivity contribution in [1.82, 2.24) is 4.98 Å². The Kier molecular flexibility index (Phi) is 3.02. The minimum Gasteiger partial charge on any atom is -0.380 e. The quantitative estimate of drug-likeness (QED) is 0.854. The molecule has 0 aliphatic carbocycles. The van der Waals surface area contributed by atoms with Crippen LogP contribution in [0.4, 0.5) is 5.69 Å². The maximum absolute atomic E-state index is 4.23. The lowest BCUT2D eigenvalue weighted by Gasteiger charge is -2.07. The number of aryl methyl sites for hydroxylation is 2. The highest BCUT2D eigenvalue weighted by atomic mass is 32.1. The second kappa shape index (κ2) is 4.45. The van der Waals surface area contributed by atoms with E-state index in [1.54, 1.807) is 11.3 Å². The second-order valence-corrected chi connectivity index (χ2v) is 4.47. The van der Waals surface area contributed by atoms with E-state index in [1.807, 2.05) is 12.4 Å². The highest BCUT2D eigenvalue weighted by molar-refractivity contribution is 7.09. The van der Waals surface area contributed by atoms with Crippen molar-refractivity contribution in [3.05, 3.63) is 45.9 Å². The van der Waals surface area contributed by atoms with Gasteiger partial charge in [-0.2, -0.15) is 0 Å². The first-order valence-electron chi connectivity index (χ1n) is 4.96. The zero-order valence-electron chi connectivity index (χ0n) is 8.95. The van der Waals surface area contributed by atoms with Gasteiger partial charge < -0.3 is 5.32 Å². The van der Waals surface area contributed by atoms with Crippen LogP contribution in [0.2, 0.25) is 0 Å². The number of hydrogen-bond acceptors (Lipinski definition) is 3. The number of hydrogen-bond donors (Lipinski definition) is 1. The first-order chi connectivity index (χ1) is 7.27. The van der Waals surface area contributed by atoms with Crippen LogP contribution in [0.25, 0.3) is 0 Å². The molecule has 78 valence electrons. The fraction of sp³-hybridized carbons (Fsp3) is 0.250. The van der Waals surface area contributed by atoms with Gasteiger partial charge in [0.15, 0.2) is 0 Å². The van der Waals surface area contributed by atoms with Crippen LogP contribution in [-0.4, -0.2) is 4.98 Å². The van der Waals surface area contributed by atoms with Gasteiger partial charge in [0.1, 0.15) is 0 Å². The van der Waals surface area contributed by atoms with Crippen LogP contribution in [0.3, 0.4) is 0 Å². The third kappa shape index (κ3) is 2.36. The SMILES string of the molecule is Cc1ccccc1NCc1scnc1C. The molecule has 0 spiro atoms. The largest absolute Gasteiger partial charge is 0.380 e. The van der Waals surface area contributed by atoms with Gasteiger partial charge in [0.25, 0.3) is 0 Å². The summed E-state index contributed by atoms with van der Waals surface area (Å²) in [6, 6.07) is 8.32. The van der Waals surface area contributed by atoms with Crippen molar-refractivity contribution in [3.8, 4) is 0 Å². The maximum Gasteiger partial charge on any atom is 0.0798 e. The van der Waals surface area contributed by atoms with E-state index in [9.17, 15) is 0 Å². The smallest absolute Gasteiger partial charge is 0.0798 e. The molecule has 15 heavy (non-hydrogen) atoms. The Morgan fingerprint density at radius 1 is 1.27 bits per heavy atom. The Balaban J connectivity index is 2.06. The van der Waals surface area contributed by atoms with Gasteiger partial charge in [0.2, 0.25) is 0 Å². The third-order valence-electron chi connectivity index (χ3n) is 2.43. The molecule has 0 saturated carbocycles. The van der Waals surface area contributed by atoms with E-state index < -0.39 is 0 Å². The molecule has 0 unspecified atom stereocenters. The lowest BCUT2D eigenvalue weighted by molar-refractivity contribution is 1.12. The average molecular weight is 218 g/mol. The highest BCUT2D eigenvalue weighted by Crippen LogP contribution is 2.17. The Morgan fingerprint density at radius 3 is 2.73 bits per heavy atom. The molecule has 0 radical (unpaired) electrons. The molecule has 1 aromatic carbocycles. The zero-order chi connectivity index (χ0) is 10.7. The average Bonchev–Trinajstić information content (AvgIpc) is 2.63. The third-order valence-corrected chi connectivity index (χ3v) is 3.36. The molecule has 1 heterocycles. The summed E-state index contributed by atoms with van der Waals surface area (Å²) in [5, 5.41) is 3.43. The van der Waals surface area contributed by atoms with Gasteiger partial charge >= 0.3 is 0 Å². The number of para-hydroxylation sites is 1. The minimum absolute atomic E-state index is 0.862. The summed E-state index contributed by atoms with van der Waals surface area (Å²) in [6.45, 7) is 5.02. The van der Waals surface area contributed by atoms with Crippen molar-refractivity contribution in [2.75, 3.05) is 5.32 Å². The number of nitrogens with zero attached hydrogens (tertiary/aromatic N) is 1. The van der Waals surface area contributed by atoms with Crippen LogP contribution >= 0.6 is 11.3 Å². The van der Waals surface area contributed by atoms with Crippen LogP contribution in [-0.2, 0) is 6.54 Å². The van der Waals surface area contributed by atoms with E-state index in [0.29, 0.717) is 0 Å². The van der Waals surface area contributed by atoms with Crippen LogP contribution in [0.5, 0.6) is 0 Å². The molecule has 0 aliphatic rings. The van der Waals surface area contributed by atoms with Crippen molar-refractivity contribution in [2.45, 2.75) is 20.4 Å². The van der Waals surface area contributed by atoms with Crippen molar-refractivity contribution in [1.29, 1.82) is 0 Å². The summed E-state index contributed by atoms with van der Waals surface area (Å²) in [5.74, 6) is 0. The zero-order valence-corrected chi connectivity index (χ0v) is 9.77. The maximum atomic E-state index is 4.23. The number of thiazole rings is 1. The van der Waals surface area contributed by atoms with E-state index in [0.717, 1.165) is 12.2 Å². The van der Waals surface area contributed by atoms with Gasteiger partial charge in [-0.25, -0.2) is 4.98 Å².